The summed E-state index contributed by atoms with van der Waals surface area (Å²) < 4.78 is 19.3. The quantitative estimate of drug-likeness (QED) is 0.672. The zero-order valence-corrected chi connectivity index (χ0v) is 10.3. The van der Waals surface area contributed by atoms with Gasteiger partial charge in [-0.3, -0.25) is 0 Å². The summed E-state index contributed by atoms with van der Waals surface area (Å²) >= 11 is 20.6. The summed E-state index contributed by atoms with van der Waals surface area (Å²) in [5, 5.41) is 0.00923. The van der Waals surface area contributed by atoms with Crippen molar-refractivity contribution in [3.63, 3.8) is 0 Å². The zero-order valence-electron chi connectivity index (χ0n) is 6.43. The second-order valence-corrected chi connectivity index (χ2v) is 4.67. The van der Waals surface area contributed by atoms with E-state index in [0.717, 1.165) is 0 Å². The third kappa shape index (κ3) is 2.72. The molecule has 1 heterocycles. The number of aromatic nitrogens is 1. The molecule has 0 aromatic carbocycles. The molecule has 0 bridgehead atoms. The molecule has 0 aliphatic heterocycles. The third-order valence-electron chi connectivity index (χ3n) is 1.36. The highest BCUT2D eigenvalue weighted by Gasteiger charge is 2.16. The summed E-state index contributed by atoms with van der Waals surface area (Å²) in [5.41, 5.74) is 0.221. The van der Waals surface area contributed by atoms with Crippen molar-refractivity contribution >= 4 is 57.5 Å². The number of pyridine rings is 1. The van der Waals surface area contributed by atoms with E-state index in [1.807, 2.05) is 0 Å². The van der Waals surface area contributed by atoms with Gasteiger partial charge in [0.15, 0.2) is 11.1 Å². The molecule has 8 heteroatoms. The van der Waals surface area contributed by atoms with E-state index in [4.69, 9.17) is 51.0 Å². The summed E-state index contributed by atoms with van der Waals surface area (Å²) in [4.78, 5) is 3.63. The molecule has 0 spiro atoms. The molecule has 1 atom stereocenters. The summed E-state index contributed by atoms with van der Waals surface area (Å²) in [7, 11) is 0. The number of hydrogen-bond donors (Lipinski definition) is 1. The molecular formula is C6H3Cl4NO2S. The van der Waals surface area contributed by atoms with Crippen LogP contribution in [0.15, 0.2) is 0 Å². The lowest BCUT2D eigenvalue weighted by atomic mass is 10.3. The molecule has 14 heavy (non-hydrogen) atoms. The monoisotopic (exact) mass is 293 g/mol. The van der Waals surface area contributed by atoms with Gasteiger partial charge in [-0.25, -0.2) is 9.19 Å². The Balaban J connectivity index is 3.31. The maximum absolute atomic E-state index is 10.6. The molecule has 1 aromatic heterocycles. The molecule has 78 valence electrons. The van der Waals surface area contributed by atoms with Gasteiger partial charge in [-0.05, 0) is 0 Å². The topological polar surface area (TPSA) is 50.2 Å². The van der Waals surface area contributed by atoms with Gasteiger partial charge in [-0.15, -0.1) is 0 Å². The van der Waals surface area contributed by atoms with E-state index in [1.165, 1.54) is 0 Å². The van der Waals surface area contributed by atoms with E-state index in [0.29, 0.717) is 0 Å². The van der Waals surface area contributed by atoms with Gasteiger partial charge in [0.05, 0.1) is 15.8 Å². The Labute approximate surface area is 103 Å². The van der Waals surface area contributed by atoms with Gasteiger partial charge in [0.25, 0.3) is 0 Å². The Hall–Kier alpha value is 0.420. The molecule has 0 radical (unpaired) electrons. The van der Waals surface area contributed by atoms with Crippen LogP contribution in [0.5, 0.6) is 0 Å². The standard InChI is InChI=1S/C6H3Cl4NO2S/c7-3-2(1-14(12)13)4(8)6(10)11-5(3)9/h1H2,(H,12,13). The number of hydrogen-bond acceptors (Lipinski definition) is 2. The maximum Gasteiger partial charge on any atom is 0.157 e. The SMILES string of the molecule is O=S(O)Cc1c(Cl)c(Cl)nc(Cl)c1Cl. The van der Waals surface area contributed by atoms with E-state index in [9.17, 15) is 4.21 Å². The average molecular weight is 295 g/mol. The van der Waals surface area contributed by atoms with Crippen molar-refractivity contribution in [3.05, 3.63) is 25.9 Å². The van der Waals surface area contributed by atoms with Crippen LogP contribution in [-0.2, 0) is 16.8 Å². The molecule has 1 unspecified atom stereocenters. The Kier molecular flexibility index (Phi) is 4.43. The van der Waals surface area contributed by atoms with Crippen molar-refractivity contribution in [2.45, 2.75) is 5.75 Å². The highest BCUT2D eigenvalue weighted by molar-refractivity contribution is 7.78. The van der Waals surface area contributed by atoms with Crippen molar-refractivity contribution in [1.82, 2.24) is 4.98 Å². The lowest BCUT2D eigenvalue weighted by Crippen LogP contribution is -1.97. The molecule has 3 nitrogen and oxygen atoms in total. The Bertz CT molecular complexity index is 372. The van der Waals surface area contributed by atoms with Crippen LogP contribution < -0.4 is 0 Å². The van der Waals surface area contributed by atoms with E-state index in [1.54, 1.807) is 0 Å². The van der Waals surface area contributed by atoms with Gasteiger partial charge in [0.2, 0.25) is 0 Å². The Morgan fingerprint density at radius 1 is 1.14 bits per heavy atom. The minimum Gasteiger partial charge on any atom is -0.306 e. The van der Waals surface area contributed by atoms with Crippen molar-refractivity contribution < 1.29 is 8.76 Å². The van der Waals surface area contributed by atoms with Crippen LogP contribution >= 0.6 is 46.4 Å². The molecular weight excluding hydrogens is 292 g/mol. The second-order valence-electron chi connectivity index (χ2n) is 2.27. The largest absolute Gasteiger partial charge is 0.306 e. The van der Waals surface area contributed by atoms with E-state index < -0.39 is 11.1 Å². The summed E-state index contributed by atoms with van der Waals surface area (Å²) in [6.45, 7) is 0. The third-order valence-corrected chi connectivity index (χ3v) is 3.45. The highest BCUT2D eigenvalue weighted by atomic mass is 35.5. The maximum atomic E-state index is 10.6. The zero-order chi connectivity index (χ0) is 10.9. The van der Waals surface area contributed by atoms with E-state index in [2.05, 4.69) is 4.98 Å². The first-order valence-electron chi connectivity index (χ1n) is 3.19. The predicted octanol–water partition coefficient (Wildman–Crippen LogP) is 3.42. The van der Waals surface area contributed by atoms with Crippen LogP contribution in [-0.4, -0.2) is 13.7 Å². The first-order valence-corrected chi connectivity index (χ1v) is 5.98. The van der Waals surface area contributed by atoms with Crippen molar-refractivity contribution in [1.29, 1.82) is 0 Å². The minimum atomic E-state index is -2.07. The smallest absolute Gasteiger partial charge is 0.157 e. The normalized spacial score (nSPS) is 12.9. The second kappa shape index (κ2) is 4.96. The van der Waals surface area contributed by atoms with Crippen LogP contribution in [0.4, 0.5) is 0 Å². The van der Waals surface area contributed by atoms with Crippen LogP contribution in [0.3, 0.4) is 0 Å². The highest BCUT2D eigenvalue weighted by Crippen LogP contribution is 2.34. The lowest BCUT2D eigenvalue weighted by molar-refractivity contribution is 0.563. The molecule has 1 N–H and O–H groups in total. The van der Waals surface area contributed by atoms with Crippen molar-refractivity contribution in [2.75, 3.05) is 0 Å². The summed E-state index contributed by atoms with van der Waals surface area (Å²) in [5.74, 6) is -0.236. The fourth-order valence-electron chi connectivity index (χ4n) is 0.780. The fraction of sp³-hybridized carbons (Fsp3) is 0.167. The minimum absolute atomic E-state index is 0.0403. The predicted molar refractivity (Wildman–Crippen MR) is 58.8 cm³/mol. The van der Waals surface area contributed by atoms with Crippen LogP contribution in [0, 0.1) is 0 Å². The molecule has 1 rings (SSSR count). The van der Waals surface area contributed by atoms with Crippen LogP contribution in [0.2, 0.25) is 20.4 Å². The van der Waals surface area contributed by atoms with E-state index in [-0.39, 0.29) is 31.7 Å². The van der Waals surface area contributed by atoms with Gasteiger partial charge >= 0.3 is 0 Å². The molecule has 0 aliphatic carbocycles. The van der Waals surface area contributed by atoms with Crippen LogP contribution in [0.25, 0.3) is 0 Å². The lowest BCUT2D eigenvalue weighted by Gasteiger charge is -2.06. The van der Waals surface area contributed by atoms with Gasteiger partial charge in [-0.2, -0.15) is 0 Å². The summed E-state index contributed by atoms with van der Waals surface area (Å²) in [6, 6.07) is 0. The number of rotatable bonds is 2. The van der Waals surface area contributed by atoms with Gasteiger partial charge in [0.1, 0.15) is 10.3 Å². The molecule has 0 fully saturated rings. The molecule has 0 aliphatic rings. The van der Waals surface area contributed by atoms with Gasteiger partial charge < -0.3 is 4.55 Å². The first kappa shape index (κ1) is 12.5. The average Bonchev–Trinajstić information content (AvgIpc) is 2.09. The molecule has 1 aromatic rings. The molecule has 0 saturated heterocycles. The van der Waals surface area contributed by atoms with Gasteiger partial charge in [0, 0.05) is 5.56 Å². The summed E-state index contributed by atoms with van der Waals surface area (Å²) in [6.07, 6.45) is 0. The number of halogens is 4. The van der Waals surface area contributed by atoms with Gasteiger partial charge in [-0.1, -0.05) is 46.4 Å². The molecule has 0 saturated carbocycles. The number of nitrogens with zero attached hydrogens (tertiary/aromatic N) is 1. The Morgan fingerprint density at radius 3 is 1.93 bits per heavy atom. The molecule has 0 amide bonds. The van der Waals surface area contributed by atoms with E-state index >= 15 is 0 Å². The van der Waals surface area contributed by atoms with Crippen LogP contribution in [0.1, 0.15) is 5.56 Å². The van der Waals surface area contributed by atoms with Crippen molar-refractivity contribution in [2.24, 2.45) is 0 Å². The Morgan fingerprint density at radius 2 is 1.57 bits per heavy atom. The van der Waals surface area contributed by atoms with Crippen molar-refractivity contribution in [3.8, 4) is 0 Å². The first-order chi connectivity index (χ1) is 6.43. The fourth-order valence-corrected chi connectivity index (χ4v) is 2.37.